The summed E-state index contributed by atoms with van der Waals surface area (Å²) in [6.45, 7) is 15.3. The molecule has 0 aliphatic rings. The van der Waals surface area contributed by atoms with Gasteiger partial charge in [0.15, 0.2) is 0 Å². The molecule has 3 atom stereocenters. The average Bonchev–Trinajstić information content (AvgIpc) is 2.79. The van der Waals surface area contributed by atoms with E-state index in [-0.39, 0.29) is 11.9 Å². The predicted molar refractivity (Wildman–Crippen MR) is 145 cm³/mol. The summed E-state index contributed by atoms with van der Waals surface area (Å²) in [5, 5.41) is 5.48. The fourth-order valence-electron chi connectivity index (χ4n) is 3.88. The van der Waals surface area contributed by atoms with Crippen molar-refractivity contribution in [1.29, 1.82) is 0 Å². The fraction of sp³-hybridized carbons (Fsp3) is 0.643. The summed E-state index contributed by atoms with van der Waals surface area (Å²) < 4.78 is 5.31. The van der Waals surface area contributed by atoms with Gasteiger partial charge in [-0.05, 0) is 71.1 Å². The van der Waals surface area contributed by atoms with Gasteiger partial charge >= 0.3 is 6.09 Å². The summed E-state index contributed by atoms with van der Waals surface area (Å²) in [5.74, 6) is -1.65. The van der Waals surface area contributed by atoms with E-state index in [4.69, 9.17) is 10.5 Å². The third-order valence-corrected chi connectivity index (χ3v) is 6.17. The molecule has 0 spiro atoms. The molecular formula is C28H46N4O5. The van der Waals surface area contributed by atoms with Crippen molar-refractivity contribution in [1.82, 2.24) is 15.5 Å². The van der Waals surface area contributed by atoms with Gasteiger partial charge in [0.1, 0.15) is 17.7 Å². The fourth-order valence-corrected chi connectivity index (χ4v) is 3.88. The molecular weight excluding hydrogens is 472 g/mol. The van der Waals surface area contributed by atoms with Gasteiger partial charge in [0, 0.05) is 12.6 Å². The van der Waals surface area contributed by atoms with Crippen LogP contribution in [0.3, 0.4) is 0 Å². The number of carbonyl (C=O) groups is 4. The zero-order valence-corrected chi connectivity index (χ0v) is 23.8. The van der Waals surface area contributed by atoms with Crippen LogP contribution < -0.4 is 16.4 Å². The zero-order chi connectivity index (χ0) is 28.3. The van der Waals surface area contributed by atoms with Gasteiger partial charge in [-0.25, -0.2) is 4.79 Å². The first-order valence-electron chi connectivity index (χ1n) is 13.2. The Morgan fingerprint density at radius 1 is 1.05 bits per heavy atom. The van der Waals surface area contributed by atoms with E-state index in [0.29, 0.717) is 18.5 Å². The number of benzene rings is 1. The highest BCUT2D eigenvalue weighted by Gasteiger charge is 2.39. The summed E-state index contributed by atoms with van der Waals surface area (Å²) in [5.41, 5.74) is 7.33. The van der Waals surface area contributed by atoms with Crippen LogP contribution in [-0.4, -0.2) is 52.9 Å². The minimum Gasteiger partial charge on any atom is -0.444 e. The first kappa shape index (κ1) is 31.9. The summed E-state index contributed by atoms with van der Waals surface area (Å²) >= 11 is 0. The third kappa shape index (κ3) is 10.4. The van der Waals surface area contributed by atoms with E-state index in [0.717, 1.165) is 30.4 Å². The van der Waals surface area contributed by atoms with Crippen LogP contribution in [0.5, 0.6) is 0 Å². The van der Waals surface area contributed by atoms with Crippen molar-refractivity contribution >= 4 is 23.8 Å². The highest BCUT2D eigenvalue weighted by atomic mass is 16.6. The molecule has 1 rings (SSSR count). The number of hydrogen-bond donors (Lipinski definition) is 3. The van der Waals surface area contributed by atoms with Crippen LogP contribution in [0.4, 0.5) is 4.79 Å². The van der Waals surface area contributed by atoms with Gasteiger partial charge in [0.2, 0.25) is 17.7 Å². The molecule has 208 valence electrons. The number of nitrogens with one attached hydrogen (secondary N) is 2. The van der Waals surface area contributed by atoms with Crippen molar-refractivity contribution in [3.05, 3.63) is 34.9 Å². The number of nitrogens with two attached hydrogens (primary N) is 1. The maximum atomic E-state index is 14.0. The minimum atomic E-state index is -1.29. The van der Waals surface area contributed by atoms with E-state index in [1.54, 1.807) is 20.8 Å². The monoisotopic (exact) mass is 518 g/mol. The molecule has 0 saturated carbocycles. The first-order valence-corrected chi connectivity index (χ1v) is 13.2. The van der Waals surface area contributed by atoms with E-state index >= 15 is 0 Å². The highest BCUT2D eigenvalue weighted by molar-refractivity contribution is 5.94. The van der Waals surface area contributed by atoms with Crippen LogP contribution in [0.15, 0.2) is 18.2 Å². The number of unbranched alkanes of at least 4 members (excludes halogenated alkanes) is 2. The van der Waals surface area contributed by atoms with Crippen molar-refractivity contribution < 1.29 is 23.9 Å². The van der Waals surface area contributed by atoms with E-state index < -0.39 is 42.0 Å². The Labute approximate surface area is 221 Å². The molecule has 0 aliphatic carbocycles. The molecule has 4 N–H and O–H groups in total. The maximum absolute atomic E-state index is 14.0. The number of alkyl carbamates (subject to hydrolysis) is 1. The Bertz CT molecular complexity index is 941. The molecule has 0 saturated heterocycles. The molecule has 0 heterocycles. The molecule has 0 radical (unpaired) electrons. The summed E-state index contributed by atoms with van der Waals surface area (Å²) in [6.07, 6.45) is 2.09. The zero-order valence-electron chi connectivity index (χ0n) is 23.8. The van der Waals surface area contributed by atoms with Crippen LogP contribution >= 0.6 is 0 Å². The molecule has 37 heavy (non-hydrogen) atoms. The van der Waals surface area contributed by atoms with E-state index in [9.17, 15) is 19.2 Å². The van der Waals surface area contributed by atoms with Crippen LogP contribution in [-0.2, 0) is 19.1 Å². The number of primary amides is 1. The molecule has 0 aromatic heterocycles. The van der Waals surface area contributed by atoms with Gasteiger partial charge in [-0.2, -0.15) is 0 Å². The highest BCUT2D eigenvalue weighted by Crippen LogP contribution is 2.28. The second-order valence-corrected chi connectivity index (χ2v) is 10.6. The number of carbonyl (C=O) groups excluding carboxylic acids is 4. The third-order valence-electron chi connectivity index (χ3n) is 6.17. The van der Waals surface area contributed by atoms with E-state index in [2.05, 4.69) is 17.6 Å². The van der Waals surface area contributed by atoms with Gasteiger partial charge < -0.3 is 26.0 Å². The van der Waals surface area contributed by atoms with Crippen LogP contribution in [0.2, 0.25) is 0 Å². The van der Waals surface area contributed by atoms with Crippen LogP contribution in [0.1, 0.15) is 96.4 Å². The summed E-state index contributed by atoms with van der Waals surface area (Å²) in [6, 6.07) is 3.03. The van der Waals surface area contributed by atoms with Crippen molar-refractivity contribution in [2.45, 2.75) is 111 Å². The van der Waals surface area contributed by atoms with E-state index in [1.807, 2.05) is 45.9 Å². The number of nitrogens with zero attached hydrogens (tertiary/aromatic N) is 1. The molecule has 4 amide bonds. The predicted octanol–water partition coefficient (Wildman–Crippen LogP) is 4.05. The van der Waals surface area contributed by atoms with Gasteiger partial charge in [0.25, 0.3) is 0 Å². The Kier molecular flexibility index (Phi) is 12.6. The SMILES string of the molecule is CCCCCNC(=O)C(c1ccc(C)c(C)c1)N(C(=O)C(CC(N)=O)NC(=O)OC(C)(C)C)C(C)CC. The largest absolute Gasteiger partial charge is 0.444 e. The maximum Gasteiger partial charge on any atom is 0.408 e. The second-order valence-electron chi connectivity index (χ2n) is 10.6. The van der Waals surface area contributed by atoms with Crippen molar-refractivity contribution in [2.24, 2.45) is 5.73 Å². The Morgan fingerprint density at radius 3 is 2.22 bits per heavy atom. The molecule has 1 aromatic carbocycles. The smallest absolute Gasteiger partial charge is 0.408 e. The lowest BCUT2D eigenvalue weighted by Gasteiger charge is -2.38. The second kappa shape index (κ2) is 14.6. The average molecular weight is 519 g/mol. The molecule has 3 unspecified atom stereocenters. The lowest BCUT2D eigenvalue weighted by atomic mass is 9.96. The van der Waals surface area contributed by atoms with Crippen LogP contribution in [0.25, 0.3) is 0 Å². The van der Waals surface area contributed by atoms with Gasteiger partial charge in [-0.1, -0.05) is 44.9 Å². The molecule has 9 heteroatoms. The van der Waals surface area contributed by atoms with Crippen molar-refractivity contribution in [3.63, 3.8) is 0 Å². The van der Waals surface area contributed by atoms with E-state index in [1.165, 1.54) is 4.90 Å². The van der Waals surface area contributed by atoms with Gasteiger partial charge in [-0.15, -0.1) is 0 Å². The molecule has 9 nitrogen and oxygen atoms in total. The number of aryl methyl sites for hydroxylation is 2. The van der Waals surface area contributed by atoms with Crippen LogP contribution in [0, 0.1) is 13.8 Å². The normalized spacial score (nSPS) is 13.7. The lowest BCUT2D eigenvalue weighted by Crippen LogP contribution is -2.56. The quantitative estimate of drug-likeness (QED) is 0.339. The van der Waals surface area contributed by atoms with Gasteiger partial charge in [-0.3, -0.25) is 14.4 Å². The molecule has 0 bridgehead atoms. The Hall–Kier alpha value is -3.10. The number of hydrogen-bond acceptors (Lipinski definition) is 5. The Morgan fingerprint density at radius 2 is 1.70 bits per heavy atom. The molecule has 1 aromatic rings. The minimum absolute atomic E-state index is 0.317. The number of ether oxygens (including phenoxy) is 1. The standard InChI is InChI=1S/C28H46N4O5/c1-9-11-12-15-30-25(34)24(21-14-13-18(3)19(4)16-21)32(20(5)10-2)26(35)22(17-23(29)33)31-27(36)37-28(6,7)8/h13-14,16,20,22,24H,9-12,15,17H2,1-8H3,(H2,29,33)(H,30,34)(H,31,36). The summed E-state index contributed by atoms with van der Waals surface area (Å²) in [7, 11) is 0. The topological polar surface area (TPSA) is 131 Å². The molecule has 0 fully saturated rings. The molecule has 0 aliphatic heterocycles. The Balaban J connectivity index is 3.52. The van der Waals surface area contributed by atoms with Crippen molar-refractivity contribution in [2.75, 3.05) is 6.54 Å². The van der Waals surface area contributed by atoms with Gasteiger partial charge in [0.05, 0.1) is 6.42 Å². The number of rotatable bonds is 13. The summed E-state index contributed by atoms with van der Waals surface area (Å²) in [4.78, 5) is 53.5. The number of amides is 4. The van der Waals surface area contributed by atoms with Crippen molar-refractivity contribution in [3.8, 4) is 0 Å². The lowest BCUT2D eigenvalue weighted by molar-refractivity contribution is -0.145. The first-order chi connectivity index (χ1) is 17.2.